The average molecular weight is 574 g/mol. The van der Waals surface area contributed by atoms with Gasteiger partial charge in [0.05, 0.1) is 7.11 Å². The molecule has 38 heavy (non-hydrogen) atoms. The Balaban J connectivity index is 1.54. The van der Waals surface area contributed by atoms with E-state index in [4.69, 9.17) is 14.2 Å². The van der Waals surface area contributed by atoms with E-state index in [9.17, 15) is 9.59 Å². The quantitative estimate of drug-likeness (QED) is 0.219. The number of halogens is 1. The average Bonchev–Trinajstić information content (AvgIpc) is 2.95. The van der Waals surface area contributed by atoms with Crippen molar-refractivity contribution in [3.63, 3.8) is 0 Å². The van der Waals surface area contributed by atoms with E-state index in [1.165, 1.54) is 7.11 Å². The lowest BCUT2D eigenvalue weighted by Crippen LogP contribution is -2.43. The molecule has 0 heterocycles. The summed E-state index contributed by atoms with van der Waals surface area (Å²) in [6.07, 6.45) is 0.215. The van der Waals surface area contributed by atoms with Crippen molar-refractivity contribution in [1.29, 1.82) is 0 Å². The molecule has 0 saturated carbocycles. The van der Waals surface area contributed by atoms with E-state index >= 15 is 0 Å². The second kappa shape index (κ2) is 13.4. The topological polar surface area (TPSA) is 73.9 Å². The molecule has 6 nitrogen and oxygen atoms in total. The van der Waals surface area contributed by atoms with E-state index in [1.54, 1.807) is 18.2 Å². The van der Waals surface area contributed by atoms with Gasteiger partial charge in [-0.1, -0.05) is 88.7 Å². The first-order valence-electron chi connectivity index (χ1n) is 12.1. The summed E-state index contributed by atoms with van der Waals surface area (Å²) < 4.78 is 18.0. The van der Waals surface area contributed by atoms with Crippen LogP contribution in [0.3, 0.4) is 0 Å². The Morgan fingerprint density at radius 1 is 0.737 bits per heavy atom. The molecule has 1 atom stereocenters. The molecule has 7 heteroatoms. The summed E-state index contributed by atoms with van der Waals surface area (Å²) in [7, 11) is 1.30. The van der Waals surface area contributed by atoms with E-state index < -0.39 is 12.0 Å². The standard InChI is InChI=1S/C31H28BrNO5/c1-36-31(35)27(33-30(34)25-13-8-14-26(32)19-25)17-24-15-16-28(37-20-22-9-4-2-5-10-22)29(18-24)38-21-23-11-6-3-7-12-23/h2-16,18-19,27H,17,20-21H2,1H3,(H,33,34)/t27-/m0/s1. The fraction of sp³-hybridized carbons (Fsp3) is 0.161. The van der Waals surface area contributed by atoms with Crippen LogP contribution in [-0.4, -0.2) is 25.0 Å². The van der Waals surface area contributed by atoms with Crippen LogP contribution in [0.2, 0.25) is 0 Å². The summed E-state index contributed by atoms with van der Waals surface area (Å²) in [4.78, 5) is 25.4. The lowest BCUT2D eigenvalue weighted by molar-refractivity contribution is -0.142. The third-order valence-electron chi connectivity index (χ3n) is 5.80. The second-order valence-corrected chi connectivity index (χ2v) is 9.51. The minimum absolute atomic E-state index is 0.215. The normalized spacial score (nSPS) is 11.3. The van der Waals surface area contributed by atoms with Gasteiger partial charge in [-0.05, 0) is 47.0 Å². The Hall–Kier alpha value is -4.10. The van der Waals surface area contributed by atoms with Gasteiger partial charge in [0.25, 0.3) is 5.91 Å². The number of carbonyl (C=O) groups is 2. The van der Waals surface area contributed by atoms with Gasteiger partial charge in [-0.15, -0.1) is 0 Å². The summed E-state index contributed by atoms with van der Waals surface area (Å²) in [6, 6.07) is 31.3. The summed E-state index contributed by atoms with van der Waals surface area (Å²) in [5, 5.41) is 2.79. The minimum atomic E-state index is -0.885. The van der Waals surface area contributed by atoms with Gasteiger partial charge in [0, 0.05) is 16.5 Å². The van der Waals surface area contributed by atoms with E-state index in [-0.39, 0.29) is 12.3 Å². The van der Waals surface area contributed by atoms with Gasteiger partial charge in [0.2, 0.25) is 0 Å². The van der Waals surface area contributed by atoms with Crippen LogP contribution in [0.25, 0.3) is 0 Å². The molecule has 0 fully saturated rings. The molecule has 194 valence electrons. The first-order valence-corrected chi connectivity index (χ1v) is 12.9. The molecule has 4 rings (SSSR count). The first-order chi connectivity index (χ1) is 18.5. The minimum Gasteiger partial charge on any atom is -0.485 e. The van der Waals surface area contributed by atoms with Gasteiger partial charge in [-0.3, -0.25) is 4.79 Å². The number of ether oxygens (including phenoxy) is 3. The van der Waals surface area contributed by atoms with E-state index in [2.05, 4.69) is 21.2 Å². The summed E-state index contributed by atoms with van der Waals surface area (Å²) in [5.41, 5.74) is 3.27. The Labute approximate surface area is 230 Å². The molecule has 0 aliphatic heterocycles. The van der Waals surface area contributed by atoms with Crippen molar-refractivity contribution in [3.8, 4) is 11.5 Å². The van der Waals surface area contributed by atoms with Crippen LogP contribution in [0, 0.1) is 0 Å². The van der Waals surface area contributed by atoms with Crippen LogP contribution in [0.1, 0.15) is 27.0 Å². The number of hydrogen-bond acceptors (Lipinski definition) is 5. The smallest absolute Gasteiger partial charge is 0.328 e. The number of amides is 1. The number of carbonyl (C=O) groups excluding carboxylic acids is 2. The molecule has 0 aliphatic rings. The van der Waals surface area contributed by atoms with Crippen LogP contribution < -0.4 is 14.8 Å². The molecule has 1 amide bonds. The summed E-state index contributed by atoms with van der Waals surface area (Å²) in [5.74, 6) is 0.222. The molecule has 0 unspecified atom stereocenters. The summed E-state index contributed by atoms with van der Waals surface area (Å²) >= 11 is 3.37. The van der Waals surface area contributed by atoms with Gasteiger partial charge >= 0.3 is 5.97 Å². The predicted octanol–water partition coefficient (Wildman–Crippen LogP) is 6.12. The molecule has 0 bridgehead atoms. The van der Waals surface area contributed by atoms with Crippen molar-refractivity contribution < 1.29 is 23.8 Å². The zero-order valence-electron chi connectivity index (χ0n) is 20.9. The van der Waals surface area contributed by atoms with Gasteiger partial charge in [-0.2, -0.15) is 0 Å². The Morgan fingerprint density at radius 2 is 1.37 bits per heavy atom. The highest BCUT2D eigenvalue weighted by molar-refractivity contribution is 9.10. The van der Waals surface area contributed by atoms with Crippen molar-refractivity contribution in [2.75, 3.05) is 7.11 Å². The highest BCUT2D eigenvalue weighted by Gasteiger charge is 2.23. The van der Waals surface area contributed by atoms with Crippen molar-refractivity contribution in [2.24, 2.45) is 0 Å². The number of rotatable bonds is 11. The van der Waals surface area contributed by atoms with Crippen LogP contribution in [0.15, 0.2) is 108 Å². The van der Waals surface area contributed by atoms with E-state index in [0.717, 1.165) is 21.2 Å². The zero-order valence-corrected chi connectivity index (χ0v) is 22.5. The third kappa shape index (κ3) is 7.70. The molecular formula is C31H28BrNO5. The predicted molar refractivity (Wildman–Crippen MR) is 149 cm³/mol. The molecular weight excluding hydrogens is 546 g/mol. The number of benzene rings is 4. The Morgan fingerprint density at radius 3 is 1.97 bits per heavy atom. The monoisotopic (exact) mass is 573 g/mol. The number of esters is 1. The van der Waals surface area contributed by atoms with Gasteiger partial charge < -0.3 is 19.5 Å². The third-order valence-corrected chi connectivity index (χ3v) is 6.29. The molecule has 0 aliphatic carbocycles. The van der Waals surface area contributed by atoms with Crippen molar-refractivity contribution in [3.05, 3.63) is 130 Å². The molecule has 0 radical (unpaired) electrons. The maximum absolute atomic E-state index is 12.8. The van der Waals surface area contributed by atoms with Crippen molar-refractivity contribution in [2.45, 2.75) is 25.7 Å². The van der Waals surface area contributed by atoms with Crippen molar-refractivity contribution in [1.82, 2.24) is 5.32 Å². The zero-order chi connectivity index (χ0) is 26.7. The molecule has 0 saturated heterocycles. The van der Waals surface area contributed by atoms with Gasteiger partial charge in [0.1, 0.15) is 19.3 Å². The number of hydrogen-bond donors (Lipinski definition) is 1. The maximum Gasteiger partial charge on any atom is 0.328 e. The number of methoxy groups -OCH3 is 1. The van der Waals surface area contributed by atoms with Crippen LogP contribution in [0.5, 0.6) is 11.5 Å². The van der Waals surface area contributed by atoms with Gasteiger partial charge in [0.15, 0.2) is 11.5 Å². The van der Waals surface area contributed by atoms with Gasteiger partial charge in [-0.25, -0.2) is 4.79 Å². The largest absolute Gasteiger partial charge is 0.485 e. The summed E-state index contributed by atoms with van der Waals surface area (Å²) in [6.45, 7) is 0.738. The Bertz CT molecular complexity index is 1360. The fourth-order valence-electron chi connectivity index (χ4n) is 3.82. The lowest BCUT2D eigenvalue weighted by Gasteiger charge is -2.19. The van der Waals surface area contributed by atoms with E-state index in [0.29, 0.717) is 30.3 Å². The molecule has 4 aromatic carbocycles. The first kappa shape index (κ1) is 26.9. The molecule has 0 aromatic heterocycles. The highest BCUT2D eigenvalue weighted by Crippen LogP contribution is 2.31. The Kier molecular flexibility index (Phi) is 9.54. The second-order valence-electron chi connectivity index (χ2n) is 8.59. The maximum atomic E-state index is 12.8. The molecule has 4 aromatic rings. The van der Waals surface area contributed by atoms with E-state index in [1.807, 2.05) is 84.9 Å². The SMILES string of the molecule is COC(=O)[C@H](Cc1ccc(OCc2ccccc2)c(OCc2ccccc2)c1)NC(=O)c1cccc(Br)c1. The van der Waals surface area contributed by atoms with Crippen molar-refractivity contribution >= 4 is 27.8 Å². The highest BCUT2D eigenvalue weighted by atomic mass is 79.9. The molecule has 0 spiro atoms. The van der Waals surface area contributed by atoms with Crippen LogP contribution >= 0.6 is 15.9 Å². The fourth-order valence-corrected chi connectivity index (χ4v) is 4.22. The van der Waals surface area contributed by atoms with Crippen LogP contribution in [-0.2, 0) is 29.2 Å². The number of nitrogens with one attached hydrogen (secondary N) is 1. The molecule has 1 N–H and O–H groups in total. The van der Waals surface area contributed by atoms with Crippen LogP contribution in [0.4, 0.5) is 0 Å². The lowest BCUT2D eigenvalue weighted by atomic mass is 10.0.